The third-order valence-electron chi connectivity index (χ3n) is 4.48. The second-order valence-electron chi connectivity index (χ2n) is 6.33. The van der Waals surface area contributed by atoms with Crippen molar-refractivity contribution in [1.82, 2.24) is 20.3 Å². The Morgan fingerprint density at radius 2 is 2.04 bits per heavy atom. The summed E-state index contributed by atoms with van der Waals surface area (Å²) in [5, 5.41) is 7.32. The Labute approximate surface area is 153 Å². The van der Waals surface area contributed by atoms with E-state index in [1.807, 2.05) is 18.2 Å². The number of nitrogens with one attached hydrogen (secondary N) is 1. The molecule has 0 radical (unpaired) electrons. The fraction of sp³-hybridized carbons (Fsp3) is 0.474. The van der Waals surface area contributed by atoms with E-state index in [-0.39, 0.29) is 5.82 Å². The van der Waals surface area contributed by atoms with Gasteiger partial charge in [-0.15, -0.1) is 0 Å². The van der Waals surface area contributed by atoms with Gasteiger partial charge in [0.25, 0.3) is 0 Å². The van der Waals surface area contributed by atoms with Crippen LogP contribution in [0.15, 0.2) is 46.1 Å². The highest BCUT2D eigenvalue weighted by Crippen LogP contribution is 2.09. The van der Waals surface area contributed by atoms with Gasteiger partial charge in [0.15, 0.2) is 5.96 Å². The molecule has 0 bridgehead atoms. The van der Waals surface area contributed by atoms with E-state index in [4.69, 9.17) is 9.52 Å². The first-order valence-corrected chi connectivity index (χ1v) is 9.14. The Hall–Kier alpha value is -2.41. The number of rotatable bonds is 6. The average molecular weight is 359 g/mol. The molecule has 6 nitrogen and oxygen atoms in total. The normalized spacial score (nSPS) is 16.1. The van der Waals surface area contributed by atoms with Crippen LogP contribution in [0.4, 0.5) is 4.39 Å². The summed E-state index contributed by atoms with van der Waals surface area (Å²) in [4.78, 5) is 9.32. The zero-order valence-corrected chi connectivity index (χ0v) is 15.2. The first-order chi connectivity index (χ1) is 12.8. The zero-order valence-electron chi connectivity index (χ0n) is 15.2. The minimum atomic E-state index is -0.158. The molecule has 1 fully saturated rings. The van der Waals surface area contributed by atoms with Crippen LogP contribution in [0.1, 0.15) is 18.2 Å². The lowest BCUT2D eigenvalue weighted by Crippen LogP contribution is -2.52. The second-order valence-corrected chi connectivity index (χ2v) is 6.33. The van der Waals surface area contributed by atoms with Crippen molar-refractivity contribution in [3.05, 3.63) is 53.7 Å². The van der Waals surface area contributed by atoms with Crippen molar-refractivity contribution in [1.29, 1.82) is 0 Å². The molecule has 0 saturated carbocycles. The summed E-state index contributed by atoms with van der Waals surface area (Å²) in [6, 6.07) is 8.80. The lowest BCUT2D eigenvalue weighted by atomic mass is 10.1. The van der Waals surface area contributed by atoms with Crippen molar-refractivity contribution >= 4 is 5.96 Å². The van der Waals surface area contributed by atoms with Gasteiger partial charge in [-0.05, 0) is 25.0 Å². The summed E-state index contributed by atoms with van der Waals surface area (Å²) in [5.41, 5.74) is 1.67. The van der Waals surface area contributed by atoms with E-state index in [0.717, 1.165) is 50.9 Å². The molecule has 1 N–H and O–H groups in total. The Kier molecular flexibility index (Phi) is 6.60. The summed E-state index contributed by atoms with van der Waals surface area (Å²) >= 11 is 0. The number of halogens is 1. The number of hydrogen-bond donors (Lipinski definition) is 1. The van der Waals surface area contributed by atoms with Gasteiger partial charge in [-0.2, -0.15) is 0 Å². The molecule has 26 heavy (non-hydrogen) atoms. The molecule has 0 aliphatic carbocycles. The molecule has 0 atom stereocenters. The van der Waals surface area contributed by atoms with Gasteiger partial charge in [-0.25, -0.2) is 4.39 Å². The molecule has 1 aromatic heterocycles. The zero-order chi connectivity index (χ0) is 18.2. The van der Waals surface area contributed by atoms with Gasteiger partial charge in [-0.3, -0.25) is 9.89 Å². The molecule has 1 aliphatic rings. The Morgan fingerprint density at radius 3 is 2.73 bits per heavy atom. The van der Waals surface area contributed by atoms with Crippen LogP contribution in [-0.4, -0.2) is 60.2 Å². The number of aliphatic imine (C=N–C) groups is 1. The first kappa shape index (κ1) is 18.4. The van der Waals surface area contributed by atoms with Crippen molar-refractivity contribution in [3.63, 3.8) is 0 Å². The van der Waals surface area contributed by atoms with Gasteiger partial charge < -0.3 is 14.7 Å². The molecule has 2 heterocycles. The first-order valence-electron chi connectivity index (χ1n) is 9.14. The number of benzene rings is 1. The molecule has 2 aromatic rings. The van der Waals surface area contributed by atoms with Crippen LogP contribution in [0, 0.1) is 5.82 Å². The lowest BCUT2D eigenvalue weighted by molar-refractivity contribution is 0.169. The number of aromatic nitrogens is 1. The molecule has 1 aromatic carbocycles. The lowest BCUT2D eigenvalue weighted by Gasteiger charge is -2.36. The quantitative estimate of drug-likeness (QED) is 0.633. The third-order valence-corrected chi connectivity index (χ3v) is 4.48. The van der Waals surface area contributed by atoms with Gasteiger partial charge in [-0.1, -0.05) is 23.4 Å². The minimum Gasteiger partial charge on any atom is -0.364 e. The van der Waals surface area contributed by atoms with E-state index in [2.05, 4.69) is 27.2 Å². The van der Waals surface area contributed by atoms with Crippen molar-refractivity contribution < 1.29 is 8.91 Å². The van der Waals surface area contributed by atoms with Crippen LogP contribution >= 0.6 is 0 Å². The van der Waals surface area contributed by atoms with Crippen molar-refractivity contribution in [3.8, 4) is 0 Å². The van der Waals surface area contributed by atoms with E-state index in [0.29, 0.717) is 18.5 Å². The van der Waals surface area contributed by atoms with E-state index >= 15 is 0 Å². The number of piperazine rings is 1. The van der Waals surface area contributed by atoms with Crippen LogP contribution in [0.2, 0.25) is 0 Å². The second kappa shape index (κ2) is 9.33. The van der Waals surface area contributed by atoms with Crippen LogP contribution in [-0.2, 0) is 13.0 Å². The summed E-state index contributed by atoms with van der Waals surface area (Å²) in [6.45, 7) is 7.97. The molecular weight excluding hydrogens is 333 g/mol. The summed E-state index contributed by atoms with van der Waals surface area (Å²) in [6.07, 6.45) is 2.21. The van der Waals surface area contributed by atoms with E-state index < -0.39 is 0 Å². The topological polar surface area (TPSA) is 56.9 Å². The molecule has 0 amide bonds. The SMILES string of the molecule is CCNC(=NCCc1ccccc1F)N1CCN(Cc2ccon2)CC1. The van der Waals surface area contributed by atoms with Crippen LogP contribution < -0.4 is 5.32 Å². The van der Waals surface area contributed by atoms with Gasteiger partial charge >= 0.3 is 0 Å². The molecule has 1 saturated heterocycles. The number of guanidine groups is 1. The summed E-state index contributed by atoms with van der Waals surface area (Å²) in [7, 11) is 0. The van der Waals surface area contributed by atoms with Gasteiger partial charge in [0.1, 0.15) is 12.1 Å². The highest BCUT2D eigenvalue weighted by molar-refractivity contribution is 5.80. The van der Waals surface area contributed by atoms with Crippen molar-refractivity contribution in [2.75, 3.05) is 39.3 Å². The monoisotopic (exact) mass is 359 g/mol. The van der Waals surface area contributed by atoms with E-state index in [1.54, 1.807) is 12.3 Å². The Bertz CT molecular complexity index is 696. The standard InChI is InChI=1S/C19H26FN5O/c1-2-21-19(22-9-7-16-5-3-4-6-18(16)20)25-12-10-24(11-13-25)15-17-8-14-26-23-17/h3-6,8,14H,2,7,9-13,15H2,1H3,(H,21,22). The largest absolute Gasteiger partial charge is 0.364 e. The van der Waals surface area contributed by atoms with Crippen LogP contribution in [0.25, 0.3) is 0 Å². The maximum absolute atomic E-state index is 13.7. The van der Waals surface area contributed by atoms with Crippen LogP contribution in [0.5, 0.6) is 0 Å². The van der Waals surface area contributed by atoms with Crippen LogP contribution in [0.3, 0.4) is 0 Å². The predicted octanol–water partition coefficient (Wildman–Crippen LogP) is 2.14. The van der Waals surface area contributed by atoms with Gasteiger partial charge in [0.05, 0.1) is 5.69 Å². The summed E-state index contributed by atoms with van der Waals surface area (Å²) in [5.74, 6) is 0.749. The highest BCUT2D eigenvalue weighted by atomic mass is 19.1. The van der Waals surface area contributed by atoms with Gasteiger partial charge in [0, 0.05) is 51.9 Å². The summed E-state index contributed by atoms with van der Waals surface area (Å²) < 4.78 is 18.6. The third kappa shape index (κ3) is 5.05. The highest BCUT2D eigenvalue weighted by Gasteiger charge is 2.20. The minimum absolute atomic E-state index is 0.158. The average Bonchev–Trinajstić information content (AvgIpc) is 3.16. The molecule has 0 unspecified atom stereocenters. The molecule has 1 aliphatic heterocycles. The molecule has 7 heteroatoms. The van der Waals surface area contributed by atoms with Crippen molar-refractivity contribution in [2.45, 2.75) is 19.9 Å². The molecule has 0 spiro atoms. The van der Waals surface area contributed by atoms with E-state index in [9.17, 15) is 4.39 Å². The predicted molar refractivity (Wildman–Crippen MR) is 99.4 cm³/mol. The maximum atomic E-state index is 13.7. The smallest absolute Gasteiger partial charge is 0.194 e. The maximum Gasteiger partial charge on any atom is 0.194 e. The fourth-order valence-electron chi connectivity index (χ4n) is 3.08. The Morgan fingerprint density at radius 1 is 1.23 bits per heavy atom. The van der Waals surface area contributed by atoms with Gasteiger partial charge in [0.2, 0.25) is 0 Å². The molecular formula is C19H26FN5O. The number of nitrogens with zero attached hydrogens (tertiary/aromatic N) is 4. The molecule has 140 valence electrons. The van der Waals surface area contributed by atoms with Crippen molar-refractivity contribution in [2.24, 2.45) is 4.99 Å². The Balaban J connectivity index is 1.52. The van der Waals surface area contributed by atoms with E-state index in [1.165, 1.54) is 6.07 Å². The molecule has 3 rings (SSSR count). The fourth-order valence-corrected chi connectivity index (χ4v) is 3.08. The number of hydrogen-bond acceptors (Lipinski definition) is 4.